The minimum atomic E-state index is 0.455. The van der Waals surface area contributed by atoms with E-state index in [1.807, 2.05) is 23.1 Å². The summed E-state index contributed by atoms with van der Waals surface area (Å²) in [5.74, 6) is 0. The van der Waals surface area contributed by atoms with Crippen LogP contribution < -0.4 is 5.32 Å². The van der Waals surface area contributed by atoms with Gasteiger partial charge in [-0.15, -0.1) is 11.3 Å². The van der Waals surface area contributed by atoms with Crippen molar-refractivity contribution in [1.29, 1.82) is 0 Å². The quantitative estimate of drug-likeness (QED) is 0.823. The zero-order valence-electron chi connectivity index (χ0n) is 11.3. The molecular formula is C15H21NS2. The van der Waals surface area contributed by atoms with Crippen LogP contribution in [0, 0.1) is 0 Å². The molecule has 0 amide bonds. The van der Waals surface area contributed by atoms with Gasteiger partial charge in [0.05, 0.1) is 0 Å². The van der Waals surface area contributed by atoms with Crippen LogP contribution in [0.2, 0.25) is 0 Å². The van der Waals surface area contributed by atoms with Crippen molar-refractivity contribution in [1.82, 2.24) is 5.32 Å². The number of thiophene rings is 1. The summed E-state index contributed by atoms with van der Waals surface area (Å²) in [5.41, 5.74) is 0. The number of hydrogen-bond donors (Lipinski definition) is 1. The van der Waals surface area contributed by atoms with Crippen LogP contribution in [0.15, 0.2) is 30.3 Å². The second-order valence-corrected chi connectivity index (χ2v) is 7.09. The lowest BCUT2D eigenvalue weighted by atomic mass is 10.2. The van der Waals surface area contributed by atoms with E-state index in [1.54, 1.807) is 0 Å². The predicted octanol–water partition coefficient (Wildman–Crippen LogP) is 4.69. The Kier molecular flexibility index (Phi) is 5.10. The molecule has 1 aromatic carbocycles. The Bertz CT molecular complexity index is 459. The predicted molar refractivity (Wildman–Crippen MR) is 85.8 cm³/mol. The highest BCUT2D eigenvalue weighted by molar-refractivity contribution is 7.99. The van der Waals surface area contributed by atoms with Crippen LogP contribution in [-0.2, 0) is 0 Å². The lowest BCUT2D eigenvalue weighted by Crippen LogP contribution is -2.21. The molecule has 3 heteroatoms. The van der Waals surface area contributed by atoms with Crippen molar-refractivity contribution >= 4 is 33.2 Å². The van der Waals surface area contributed by atoms with Crippen molar-refractivity contribution in [3.63, 3.8) is 0 Å². The van der Waals surface area contributed by atoms with Gasteiger partial charge in [-0.05, 0) is 43.7 Å². The molecule has 1 nitrogen and oxygen atoms in total. The molecule has 0 bridgehead atoms. The summed E-state index contributed by atoms with van der Waals surface area (Å²) < 4.78 is 1.39. The van der Waals surface area contributed by atoms with Crippen LogP contribution in [0.3, 0.4) is 0 Å². The SMILES string of the molecule is CSC(C)CCNC(C)c1cc2ccccc2s1. The summed E-state index contributed by atoms with van der Waals surface area (Å²) in [6.07, 6.45) is 3.41. The highest BCUT2D eigenvalue weighted by Crippen LogP contribution is 2.29. The number of thioether (sulfide) groups is 1. The lowest BCUT2D eigenvalue weighted by Gasteiger charge is -2.14. The molecule has 2 aromatic rings. The Morgan fingerprint density at radius 2 is 2.06 bits per heavy atom. The Labute approximate surface area is 118 Å². The summed E-state index contributed by atoms with van der Waals surface area (Å²) in [6.45, 7) is 5.64. The van der Waals surface area contributed by atoms with E-state index in [2.05, 4.69) is 55.8 Å². The van der Waals surface area contributed by atoms with Gasteiger partial charge in [-0.1, -0.05) is 25.1 Å². The van der Waals surface area contributed by atoms with E-state index in [-0.39, 0.29) is 0 Å². The van der Waals surface area contributed by atoms with E-state index in [4.69, 9.17) is 0 Å². The molecule has 1 N–H and O–H groups in total. The van der Waals surface area contributed by atoms with Gasteiger partial charge in [0.15, 0.2) is 0 Å². The summed E-state index contributed by atoms with van der Waals surface area (Å²) in [4.78, 5) is 1.44. The van der Waals surface area contributed by atoms with Gasteiger partial charge < -0.3 is 5.32 Å². The van der Waals surface area contributed by atoms with E-state index < -0.39 is 0 Å². The molecule has 1 heterocycles. The standard InChI is InChI=1S/C15H21NS2/c1-11(17-3)8-9-16-12(2)15-10-13-6-4-5-7-14(13)18-15/h4-7,10-12,16H,8-9H2,1-3H3. The molecule has 98 valence electrons. The minimum Gasteiger partial charge on any atom is -0.309 e. The van der Waals surface area contributed by atoms with E-state index in [0.717, 1.165) is 11.8 Å². The number of fused-ring (bicyclic) bond motifs is 1. The maximum atomic E-state index is 3.62. The Hall–Kier alpha value is -0.510. The van der Waals surface area contributed by atoms with Gasteiger partial charge in [0, 0.05) is 20.9 Å². The number of hydrogen-bond acceptors (Lipinski definition) is 3. The van der Waals surface area contributed by atoms with Gasteiger partial charge in [0.25, 0.3) is 0 Å². The molecule has 1 aromatic heterocycles. The largest absolute Gasteiger partial charge is 0.309 e. The summed E-state index contributed by atoms with van der Waals surface area (Å²) in [5, 5.41) is 5.73. The Balaban J connectivity index is 1.94. The molecule has 2 unspecified atom stereocenters. The van der Waals surface area contributed by atoms with Crippen LogP contribution >= 0.6 is 23.1 Å². The molecule has 0 saturated heterocycles. The highest BCUT2D eigenvalue weighted by atomic mass is 32.2. The fraction of sp³-hybridized carbons (Fsp3) is 0.467. The van der Waals surface area contributed by atoms with Crippen molar-refractivity contribution in [3.8, 4) is 0 Å². The fourth-order valence-corrected chi connectivity index (χ4v) is 3.38. The molecule has 2 atom stereocenters. The molecule has 0 spiro atoms. The summed E-state index contributed by atoms with van der Waals surface area (Å²) in [6, 6.07) is 11.4. The van der Waals surface area contributed by atoms with Gasteiger partial charge in [-0.3, -0.25) is 0 Å². The van der Waals surface area contributed by atoms with Crippen molar-refractivity contribution in [2.45, 2.75) is 31.6 Å². The van der Waals surface area contributed by atoms with E-state index in [9.17, 15) is 0 Å². The van der Waals surface area contributed by atoms with E-state index in [0.29, 0.717) is 6.04 Å². The van der Waals surface area contributed by atoms with Crippen LogP contribution in [-0.4, -0.2) is 18.1 Å². The number of rotatable bonds is 6. The molecule has 0 aliphatic carbocycles. The molecule has 0 radical (unpaired) electrons. The van der Waals surface area contributed by atoms with Gasteiger partial charge in [0.2, 0.25) is 0 Å². The minimum absolute atomic E-state index is 0.455. The van der Waals surface area contributed by atoms with Crippen LogP contribution in [0.1, 0.15) is 31.2 Å². The van der Waals surface area contributed by atoms with Gasteiger partial charge in [0.1, 0.15) is 0 Å². The average Bonchev–Trinajstić information content (AvgIpc) is 2.82. The third kappa shape index (κ3) is 3.50. The van der Waals surface area contributed by atoms with Gasteiger partial charge >= 0.3 is 0 Å². The molecular weight excluding hydrogens is 258 g/mol. The monoisotopic (exact) mass is 279 g/mol. The molecule has 0 aliphatic rings. The zero-order chi connectivity index (χ0) is 13.0. The van der Waals surface area contributed by atoms with Crippen LogP contribution in [0.5, 0.6) is 0 Å². The second-order valence-electron chi connectivity index (χ2n) is 4.70. The van der Waals surface area contributed by atoms with Crippen molar-refractivity contribution in [2.24, 2.45) is 0 Å². The smallest absolute Gasteiger partial charge is 0.0386 e. The first-order valence-electron chi connectivity index (χ1n) is 6.45. The molecule has 18 heavy (non-hydrogen) atoms. The topological polar surface area (TPSA) is 12.0 Å². The van der Waals surface area contributed by atoms with Crippen LogP contribution in [0.25, 0.3) is 10.1 Å². The van der Waals surface area contributed by atoms with E-state index >= 15 is 0 Å². The summed E-state index contributed by atoms with van der Waals surface area (Å²) in [7, 11) is 0. The first-order valence-corrected chi connectivity index (χ1v) is 8.56. The number of nitrogens with one attached hydrogen (secondary N) is 1. The van der Waals surface area contributed by atoms with Crippen LogP contribution in [0.4, 0.5) is 0 Å². The number of benzene rings is 1. The normalized spacial score (nSPS) is 14.8. The maximum Gasteiger partial charge on any atom is 0.0386 e. The van der Waals surface area contributed by atoms with Crippen molar-refractivity contribution < 1.29 is 0 Å². The first-order chi connectivity index (χ1) is 8.70. The first kappa shape index (κ1) is 13.9. The Morgan fingerprint density at radius 1 is 1.28 bits per heavy atom. The molecule has 0 aliphatic heterocycles. The third-order valence-corrected chi connectivity index (χ3v) is 5.61. The van der Waals surface area contributed by atoms with E-state index in [1.165, 1.54) is 21.4 Å². The highest BCUT2D eigenvalue weighted by Gasteiger charge is 2.09. The fourth-order valence-electron chi connectivity index (χ4n) is 1.94. The van der Waals surface area contributed by atoms with Gasteiger partial charge in [-0.2, -0.15) is 11.8 Å². The van der Waals surface area contributed by atoms with Gasteiger partial charge in [-0.25, -0.2) is 0 Å². The molecule has 0 saturated carbocycles. The zero-order valence-corrected chi connectivity index (χ0v) is 12.9. The maximum absolute atomic E-state index is 3.62. The van der Waals surface area contributed by atoms with Crippen molar-refractivity contribution in [3.05, 3.63) is 35.2 Å². The lowest BCUT2D eigenvalue weighted by molar-refractivity contribution is 0.565. The molecule has 2 rings (SSSR count). The Morgan fingerprint density at radius 3 is 2.78 bits per heavy atom. The third-order valence-electron chi connectivity index (χ3n) is 3.28. The molecule has 0 fully saturated rings. The van der Waals surface area contributed by atoms with Crippen molar-refractivity contribution in [2.75, 3.05) is 12.8 Å². The average molecular weight is 279 g/mol. The summed E-state index contributed by atoms with van der Waals surface area (Å²) >= 11 is 3.84. The second kappa shape index (κ2) is 6.60.